The summed E-state index contributed by atoms with van der Waals surface area (Å²) < 4.78 is 22.9. The lowest BCUT2D eigenvalue weighted by Crippen LogP contribution is -2.25. The van der Waals surface area contributed by atoms with Crippen molar-refractivity contribution < 1.29 is 8.42 Å². The van der Waals surface area contributed by atoms with Crippen molar-refractivity contribution >= 4 is 32.8 Å². The molecule has 0 saturated carbocycles. The van der Waals surface area contributed by atoms with Crippen LogP contribution in [0, 0.1) is 5.92 Å². The van der Waals surface area contributed by atoms with Crippen molar-refractivity contribution in [3.05, 3.63) is 21.3 Å². The maximum atomic E-state index is 11.5. The molecule has 0 aliphatic carbocycles. The van der Waals surface area contributed by atoms with E-state index in [1.54, 1.807) is 11.3 Å². The van der Waals surface area contributed by atoms with Crippen molar-refractivity contribution in [2.75, 3.05) is 18.6 Å². The minimum absolute atomic E-state index is 0.0600. The van der Waals surface area contributed by atoms with Gasteiger partial charge in [-0.15, -0.1) is 11.3 Å². The molecule has 2 heterocycles. The van der Waals surface area contributed by atoms with Gasteiger partial charge in [-0.2, -0.15) is 0 Å². The Labute approximate surface area is 105 Å². The van der Waals surface area contributed by atoms with Gasteiger partial charge in [0.25, 0.3) is 0 Å². The molecule has 16 heavy (non-hydrogen) atoms. The molecule has 6 heteroatoms. The normalized spacial score (nSPS) is 25.8. The second-order valence-corrected chi connectivity index (χ2v) is 7.65. The molecule has 1 aromatic rings. The van der Waals surface area contributed by atoms with Gasteiger partial charge in [0.2, 0.25) is 0 Å². The van der Waals surface area contributed by atoms with Crippen molar-refractivity contribution in [3.63, 3.8) is 0 Å². The van der Waals surface area contributed by atoms with Crippen molar-refractivity contribution in [2.24, 2.45) is 5.92 Å². The minimum Gasteiger partial charge on any atom is -0.312 e. The van der Waals surface area contributed by atoms with E-state index < -0.39 is 9.84 Å². The Kier molecular flexibility index (Phi) is 3.59. The van der Waals surface area contributed by atoms with Crippen LogP contribution in [0.3, 0.4) is 0 Å². The largest absolute Gasteiger partial charge is 0.312 e. The Morgan fingerprint density at radius 2 is 2.38 bits per heavy atom. The van der Waals surface area contributed by atoms with Crippen molar-refractivity contribution in [2.45, 2.75) is 12.5 Å². The number of halogens is 1. The molecule has 0 spiro atoms. The number of nitrogens with one attached hydrogen (secondary N) is 1. The van der Waals surface area contributed by atoms with Crippen LogP contribution in [0.4, 0.5) is 0 Å². The van der Waals surface area contributed by atoms with E-state index in [9.17, 15) is 8.42 Å². The number of sulfone groups is 1. The summed E-state index contributed by atoms with van der Waals surface area (Å²) in [6, 6.07) is 1.92. The molecule has 0 amide bonds. The van der Waals surface area contributed by atoms with Crippen LogP contribution in [-0.2, 0) is 9.84 Å². The van der Waals surface area contributed by atoms with E-state index in [2.05, 4.69) is 5.32 Å². The van der Waals surface area contributed by atoms with Gasteiger partial charge in [-0.3, -0.25) is 0 Å². The SMILES string of the molecule is CNC(c1sccc1Cl)C1CCS(=O)(=O)C1. The summed E-state index contributed by atoms with van der Waals surface area (Å²) in [4.78, 5) is 1.05. The smallest absolute Gasteiger partial charge is 0.150 e. The Hall–Kier alpha value is -0.100. The fourth-order valence-corrected chi connectivity index (χ4v) is 5.41. The summed E-state index contributed by atoms with van der Waals surface area (Å²) in [6.07, 6.45) is 0.724. The van der Waals surface area contributed by atoms with E-state index in [1.807, 2.05) is 18.5 Å². The summed E-state index contributed by atoms with van der Waals surface area (Å²) >= 11 is 7.66. The predicted molar refractivity (Wildman–Crippen MR) is 67.9 cm³/mol. The number of thiophene rings is 1. The van der Waals surface area contributed by atoms with Crippen molar-refractivity contribution in [1.29, 1.82) is 0 Å². The van der Waals surface area contributed by atoms with Gasteiger partial charge in [-0.25, -0.2) is 8.42 Å². The first-order valence-corrected chi connectivity index (χ1v) is 8.22. The van der Waals surface area contributed by atoms with Gasteiger partial charge in [-0.1, -0.05) is 11.6 Å². The van der Waals surface area contributed by atoms with E-state index in [0.29, 0.717) is 5.75 Å². The van der Waals surface area contributed by atoms with Crippen molar-refractivity contribution in [1.82, 2.24) is 5.32 Å². The standard InChI is InChI=1S/C10H14ClNO2S2/c1-12-9(10-8(11)2-4-15-10)7-3-5-16(13,14)6-7/h2,4,7,9,12H,3,5-6H2,1H3. The lowest BCUT2D eigenvalue weighted by atomic mass is 9.98. The third kappa shape index (κ3) is 2.42. The molecule has 90 valence electrons. The second-order valence-electron chi connectivity index (χ2n) is 4.06. The van der Waals surface area contributed by atoms with E-state index >= 15 is 0 Å². The third-order valence-electron chi connectivity index (χ3n) is 2.98. The Bertz CT molecular complexity index is 469. The van der Waals surface area contributed by atoms with Gasteiger partial charge < -0.3 is 5.32 Å². The Morgan fingerprint density at radius 1 is 1.62 bits per heavy atom. The molecule has 3 nitrogen and oxygen atoms in total. The zero-order valence-electron chi connectivity index (χ0n) is 8.94. The molecule has 1 fully saturated rings. The van der Waals surface area contributed by atoms with Gasteiger partial charge in [-0.05, 0) is 30.8 Å². The molecule has 2 atom stereocenters. The molecular weight excluding hydrogens is 266 g/mol. The summed E-state index contributed by atoms with van der Waals surface area (Å²) in [5, 5.41) is 5.85. The van der Waals surface area contributed by atoms with E-state index in [0.717, 1.165) is 16.3 Å². The van der Waals surface area contributed by atoms with Crippen LogP contribution in [0.2, 0.25) is 5.02 Å². The first kappa shape index (κ1) is 12.4. The minimum atomic E-state index is -2.83. The van der Waals surface area contributed by atoms with Crippen LogP contribution < -0.4 is 5.32 Å². The average molecular weight is 280 g/mol. The molecule has 0 radical (unpaired) electrons. The summed E-state index contributed by atoms with van der Waals surface area (Å²) in [5.41, 5.74) is 0. The molecule has 1 aromatic heterocycles. The molecule has 1 N–H and O–H groups in total. The fourth-order valence-electron chi connectivity index (χ4n) is 2.19. The first-order valence-electron chi connectivity index (χ1n) is 5.14. The Morgan fingerprint density at radius 3 is 2.81 bits per heavy atom. The van der Waals surface area contributed by atoms with Gasteiger partial charge in [0, 0.05) is 10.9 Å². The Balaban J connectivity index is 2.22. The molecule has 2 unspecified atom stereocenters. The van der Waals surface area contributed by atoms with E-state index in [1.165, 1.54) is 0 Å². The molecule has 1 aliphatic rings. The van der Waals surface area contributed by atoms with E-state index in [-0.39, 0.29) is 17.7 Å². The lowest BCUT2D eigenvalue weighted by molar-refractivity contribution is 0.424. The zero-order valence-corrected chi connectivity index (χ0v) is 11.3. The van der Waals surface area contributed by atoms with Crippen LogP contribution in [0.25, 0.3) is 0 Å². The first-order chi connectivity index (χ1) is 7.53. The molecule has 1 saturated heterocycles. The number of rotatable bonds is 3. The molecular formula is C10H14ClNO2S2. The summed E-state index contributed by atoms with van der Waals surface area (Å²) in [5.74, 6) is 0.720. The second kappa shape index (κ2) is 4.64. The maximum absolute atomic E-state index is 11.5. The highest BCUT2D eigenvalue weighted by Crippen LogP contribution is 2.37. The molecule has 0 bridgehead atoms. The highest BCUT2D eigenvalue weighted by atomic mass is 35.5. The highest BCUT2D eigenvalue weighted by Gasteiger charge is 2.34. The maximum Gasteiger partial charge on any atom is 0.150 e. The van der Waals surface area contributed by atoms with Crippen LogP contribution in [-0.4, -0.2) is 27.0 Å². The molecule has 2 rings (SSSR count). The van der Waals surface area contributed by atoms with Crippen LogP contribution in [0.1, 0.15) is 17.3 Å². The van der Waals surface area contributed by atoms with Gasteiger partial charge in [0.05, 0.1) is 16.5 Å². The van der Waals surface area contributed by atoms with Crippen LogP contribution in [0.5, 0.6) is 0 Å². The number of hydrogen-bond donors (Lipinski definition) is 1. The van der Waals surface area contributed by atoms with Gasteiger partial charge >= 0.3 is 0 Å². The fraction of sp³-hybridized carbons (Fsp3) is 0.600. The van der Waals surface area contributed by atoms with Crippen LogP contribution >= 0.6 is 22.9 Å². The summed E-state index contributed by atoms with van der Waals surface area (Å²) in [7, 11) is -0.980. The van der Waals surface area contributed by atoms with Crippen molar-refractivity contribution in [3.8, 4) is 0 Å². The van der Waals surface area contributed by atoms with E-state index in [4.69, 9.17) is 11.6 Å². The van der Waals surface area contributed by atoms with Gasteiger partial charge in [0.15, 0.2) is 9.84 Å². The highest BCUT2D eigenvalue weighted by molar-refractivity contribution is 7.91. The van der Waals surface area contributed by atoms with Crippen LogP contribution in [0.15, 0.2) is 11.4 Å². The topological polar surface area (TPSA) is 46.2 Å². The monoisotopic (exact) mass is 279 g/mol. The molecule has 1 aliphatic heterocycles. The third-order valence-corrected chi connectivity index (χ3v) is 6.21. The predicted octanol–water partition coefficient (Wildman–Crippen LogP) is 2.10. The molecule has 0 aromatic carbocycles. The van der Waals surface area contributed by atoms with Gasteiger partial charge in [0.1, 0.15) is 0 Å². The lowest BCUT2D eigenvalue weighted by Gasteiger charge is -2.21. The zero-order chi connectivity index (χ0) is 11.8. The summed E-state index contributed by atoms with van der Waals surface area (Å²) in [6.45, 7) is 0. The quantitative estimate of drug-likeness (QED) is 0.922. The number of hydrogen-bond acceptors (Lipinski definition) is 4. The average Bonchev–Trinajstić information content (AvgIpc) is 2.76.